The third kappa shape index (κ3) is 4.07. The fourth-order valence-corrected chi connectivity index (χ4v) is 3.95. The first-order valence-corrected chi connectivity index (χ1v) is 9.65. The van der Waals surface area contributed by atoms with Gasteiger partial charge in [-0.3, -0.25) is 10.0 Å². The Labute approximate surface area is 154 Å². The molecular formula is C20H30N4O2. The number of imidazole rings is 1. The van der Waals surface area contributed by atoms with Crippen molar-refractivity contribution in [3.8, 4) is 0 Å². The fourth-order valence-electron chi connectivity index (χ4n) is 3.95. The molecule has 1 aliphatic rings. The van der Waals surface area contributed by atoms with Gasteiger partial charge in [0.2, 0.25) is 0 Å². The van der Waals surface area contributed by atoms with Crippen LogP contribution in [0.2, 0.25) is 0 Å². The Hall–Kier alpha value is -1.92. The Morgan fingerprint density at radius 2 is 2.00 bits per heavy atom. The molecule has 3 rings (SSSR count). The van der Waals surface area contributed by atoms with Crippen LogP contribution < -0.4 is 11.2 Å². The van der Waals surface area contributed by atoms with Crippen LogP contribution in [0.25, 0.3) is 11.0 Å². The molecule has 2 aromatic rings. The number of carbonyl (C=O) groups excluding carboxylic acids is 1. The van der Waals surface area contributed by atoms with Gasteiger partial charge in [0.25, 0.3) is 5.91 Å². The van der Waals surface area contributed by atoms with E-state index in [2.05, 4.69) is 30.5 Å². The van der Waals surface area contributed by atoms with Crippen molar-refractivity contribution in [1.82, 2.24) is 15.0 Å². The van der Waals surface area contributed by atoms with E-state index < -0.39 is 11.9 Å². The molecule has 0 bridgehead atoms. The molecule has 1 aromatic heterocycles. The third-order valence-electron chi connectivity index (χ3n) is 5.73. The van der Waals surface area contributed by atoms with Gasteiger partial charge in [0, 0.05) is 13.0 Å². The monoisotopic (exact) mass is 358 g/mol. The van der Waals surface area contributed by atoms with E-state index in [0.29, 0.717) is 18.8 Å². The molecule has 1 aromatic carbocycles. The highest BCUT2D eigenvalue weighted by Crippen LogP contribution is 2.28. The zero-order chi connectivity index (χ0) is 18.7. The van der Waals surface area contributed by atoms with Gasteiger partial charge in [-0.2, -0.15) is 0 Å². The SMILES string of the molecule is Cc1cc2nc(CCC(N)C(=O)NO)n(CC3CCCCC3)c2cc1C. The van der Waals surface area contributed by atoms with E-state index in [1.54, 1.807) is 5.48 Å². The van der Waals surface area contributed by atoms with Gasteiger partial charge in [0.15, 0.2) is 0 Å². The number of carbonyl (C=O) groups is 1. The predicted molar refractivity (Wildman–Crippen MR) is 102 cm³/mol. The lowest BCUT2D eigenvalue weighted by Gasteiger charge is -2.23. The summed E-state index contributed by atoms with van der Waals surface area (Å²) in [5, 5.41) is 8.75. The Balaban J connectivity index is 1.89. The first-order chi connectivity index (χ1) is 12.5. The number of nitrogens with one attached hydrogen (secondary N) is 1. The summed E-state index contributed by atoms with van der Waals surface area (Å²) >= 11 is 0. The van der Waals surface area contributed by atoms with Crippen molar-refractivity contribution >= 4 is 16.9 Å². The van der Waals surface area contributed by atoms with Crippen molar-refractivity contribution in [3.63, 3.8) is 0 Å². The quantitative estimate of drug-likeness (QED) is 0.547. The molecule has 1 atom stereocenters. The van der Waals surface area contributed by atoms with Crippen molar-refractivity contribution in [2.24, 2.45) is 11.7 Å². The summed E-state index contributed by atoms with van der Waals surface area (Å²) in [5.74, 6) is 1.12. The standard InChI is InChI=1S/C20H30N4O2/c1-13-10-17-18(11-14(13)2)24(12-15-6-4-3-5-7-15)19(22-17)9-8-16(21)20(25)23-26/h10-11,15-16,26H,3-9,12,21H2,1-2H3,(H,23,25). The van der Waals surface area contributed by atoms with Gasteiger partial charge in [-0.15, -0.1) is 0 Å². The minimum Gasteiger partial charge on any atom is -0.328 e. The van der Waals surface area contributed by atoms with Crippen molar-refractivity contribution in [2.75, 3.05) is 0 Å². The number of fused-ring (bicyclic) bond motifs is 1. The first-order valence-electron chi connectivity index (χ1n) is 9.65. The maximum Gasteiger partial charge on any atom is 0.260 e. The van der Waals surface area contributed by atoms with Gasteiger partial charge in [0.1, 0.15) is 5.82 Å². The van der Waals surface area contributed by atoms with Crippen LogP contribution in [0.5, 0.6) is 0 Å². The molecule has 26 heavy (non-hydrogen) atoms. The van der Waals surface area contributed by atoms with Crippen molar-refractivity contribution in [3.05, 3.63) is 29.1 Å². The number of nitrogens with two attached hydrogens (primary N) is 1. The molecule has 0 radical (unpaired) electrons. The van der Waals surface area contributed by atoms with Gasteiger partial charge in [-0.1, -0.05) is 19.3 Å². The number of aromatic nitrogens is 2. The minimum atomic E-state index is -0.730. The van der Waals surface area contributed by atoms with E-state index in [1.165, 1.54) is 48.7 Å². The number of hydroxylamine groups is 1. The van der Waals surface area contributed by atoms with E-state index in [9.17, 15) is 4.79 Å². The number of hydrogen-bond acceptors (Lipinski definition) is 4. The second-order valence-electron chi connectivity index (χ2n) is 7.69. The lowest BCUT2D eigenvalue weighted by atomic mass is 9.89. The Kier molecular flexibility index (Phi) is 5.94. The normalized spacial score (nSPS) is 16.8. The molecule has 1 aliphatic carbocycles. The predicted octanol–water partition coefficient (Wildman–Crippen LogP) is 3.00. The van der Waals surface area contributed by atoms with Crippen molar-refractivity contribution in [2.45, 2.75) is 71.4 Å². The Bertz CT molecular complexity index is 778. The molecule has 0 spiro atoms. The van der Waals surface area contributed by atoms with Crippen LogP contribution in [0.1, 0.15) is 55.5 Å². The first kappa shape index (κ1) is 18.9. The van der Waals surface area contributed by atoms with Crippen LogP contribution in [-0.4, -0.2) is 26.7 Å². The minimum absolute atomic E-state index is 0.457. The van der Waals surface area contributed by atoms with Gasteiger partial charge in [0.05, 0.1) is 17.1 Å². The molecule has 142 valence electrons. The molecule has 6 heteroatoms. The van der Waals surface area contributed by atoms with Crippen LogP contribution >= 0.6 is 0 Å². The van der Waals surface area contributed by atoms with Gasteiger partial charge >= 0.3 is 0 Å². The highest BCUT2D eigenvalue weighted by atomic mass is 16.5. The molecule has 0 aliphatic heterocycles. The summed E-state index contributed by atoms with van der Waals surface area (Å²) in [6, 6.07) is 3.64. The van der Waals surface area contributed by atoms with Crippen LogP contribution in [0.4, 0.5) is 0 Å². The van der Waals surface area contributed by atoms with E-state index in [-0.39, 0.29) is 0 Å². The van der Waals surface area contributed by atoms with Gasteiger partial charge < -0.3 is 10.3 Å². The lowest BCUT2D eigenvalue weighted by molar-refractivity contribution is -0.130. The average molecular weight is 358 g/mol. The fraction of sp³-hybridized carbons (Fsp3) is 0.600. The van der Waals surface area contributed by atoms with Crippen molar-refractivity contribution in [1.29, 1.82) is 0 Å². The summed E-state index contributed by atoms with van der Waals surface area (Å²) in [5.41, 5.74) is 12.2. The molecule has 0 saturated heterocycles. The number of benzene rings is 1. The maximum atomic E-state index is 11.5. The average Bonchev–Trinajstić information content (AvgIpc) is 2.96. The molecule has 1 fully saturated rings. The third-order valence-corrected chi connectivity index (χ3v) is 5.73. The summed E-state index contributed by atoms with van der Waals surface area (Å²) < 4.78 is 2.33. The number of hydrogen-bond donors (Lipinski definition) is 3. The van der Waals surface area contributed by atoms with Crippen LogP contribution in [0, 0.1) is 19.8 Å². The number of rotatable bonds is 6. The summed E-state index contributed by atoms with van der Waals surface area (Å²) in [4.78, 5) is 16.3. The summed E-state index contributed by atoms with van der Waals surface area (Å²) in [6.07, 6.45) is 7.59. The molecule has 4 N–H and O–H groups in total. The lowest BCUT2D eigenvalue weighted by Crippen LogP contribution is -2.39. The van der Waals surface area contributed by atoms with E-state index in [4.69, 9.17) is 15.9 Å². The van der Waals surface area contributed by atoms with Crippen LogP contribution in [-0.2, 0) is 17.8 Å². The van der Waals surface area contributed by atoms with E-state index in [1.807, 2.05) is 0 Å². The van der Waals surface area contributed by atoms with Crippen LogP contribution in [0.3, 0.4) is 0 Å². The zero-order valence-corrected chi connectivity index (χ0v) is 15.8. The zero-order valence-electron chi connectivity index (χ0n) is 15.8. The summed E-state index contributed by atoms with van der Waals surface area (Å²) in [6.45, 7) is 5.22. The van der Waals surface area contributed by atoms with E-state index >= 15 is 0 Å². The van der Waals surface area contributed by atoms with Crippen molar-refractivity contribution < 1.29 is 10.0 Å². The molecular weight excluding hydrogens is 328 g/mol. The number of aryl methyl sites for hydroxylation is 3. The second-order valence-corrected chi connectivity index (χ2v) is 7.69. The molecule has 1 unspecified atom stereocenters. The smallest absolute Gasteiger partial charge is 0.260 e. The molecule has 1 amide bonds. The highest BCUT2D eigenvalue weighted by molar-refractivity contribution is 5.80. The Morgan fingerprint density at radius 3 is 2.69 bits per heavy atom. The maximum absolute atomic E-state index is 11.5. The summed E-state index contributed by atoms with van der Waals surface area (Å²) in [7, 11) is 0. The van der Waals surface area contributed by atoms with Gasteiger partial charge in [-0.25, -0.2) is 10.5 Å². The topological polar surface area (TPSA) is 93.2 Å². The van der Waals surface area contributed by atoms with Gasteiger partial charge in [-0.05, 0) is 62.3 Å². The Morgan fingerprint density at radius 1 is 1.31 bits per heavy atom. The number of amides is 1. The molecule has 6 nitrogen and oxygen atoms in total. The molecule has 1 saturated carbocycles. The van der Waals surface area contributed by atoms with Crippen LogP contribution in [0.15, 0.2) is 12.1 Å². The number of nitrogens with zero attached hydrogens (tertiary/aromatic N) is 2. The second kappa shape index (κ2) is 8.18. The molecule has 1 heterocycles. The largest absolute Gasteiger partial charge is 0.328 e. The highest BCUT2D eigenvalue weighted by Gasteiger charge is 2.20. The van der Waals surface area contributed by atoms with E-state index in [0.717, 1.165) is 17.9 Å².